The van der Waals surface area contributed by atoms with Gasteiger partial charge in [-0.05, 0) is 51.5 Å². The Labute approximate surface area is 203 Å². The summed E-state index contributed by atoms with van der Waals surface area (Å²) in [7, 11) is -3.64. The minimum Gasteiger partial charge on any atom is -0.492 e. The Balaban J connectivity index is 0.00000480. The first-order chi connectivity index (χ1) is 14.2. The Kier molecular flexibility index (Phi) is 11.3. The van der Waals surface area contributed by atoms with Crippen LogP contribution in [-0.4, -0.2) is 39.6 Å². The number of benzene rings is 2. The number of nitrogens with one attached hydrogen (secondary N) is 3. The summed E-state index contributed by atoms with van der Waals surface area (Å²) in [5.74, 6) is 1.41. The van der Waals surface area contributed by atoms with Crippen molar-refractivity contribution >= 4 is 40.0 Å². The molecule has 3 N–H and O–H groups in total. The molecule has 0 aliphatic heterocycles. The Morgan fingerprint density at radius 3 is 2.29 bits per heavy atom. The van der Waals surface area contributed by atoms with Gasteiger partial charge in [-0.2, -0.15) is 0 Å². The highest BCUT2D eigenvalue weighted by atomic mass is 127. The standard InChI is InChI=1S/C22H32N4O3S.HI/c1-5-23-21(24-15-16-29-19-12-7-6-8-13-19)25-17-18-11-9-10-14-20(18)30(27,28)26-22(2,3)4;/h6-14,26H,5,15-17H2,1-4H3,(H2,23,24,25);1H. The molecule has 0 radical (unpaired) electrons. The van der Waals surface area contributed by atoms with Gasteiger partial charge in [0.1, 0.15) is 12.4 Å². The molecule has 0 aliphatic rings. The lowest BCUT2D eigenvalue weighted by Crippen LogP contribution is -2.41. The number of rotatable bonds is 9. The van der Waals surface area contributed by atoms with E-state index < -0.39 is 15.6 Å². The van der Waals surface area contributed by atoms with Crippen LogP contribution >= 0.6 is 24.0 Å². The van der Waals surface area contributed by atoms with Gasteiger partial charge in [-0.25, -0.2) is 18.1 Å². The van der Waals surface area contributed by atoms with E-state index in [0.717, 1.165) is 5.75 Å². The van der Waals surface area contributed by atoms with E-state index in [-0.39, 0.29) is 35.4 Å². The van der Waals surface area contributed by atoms with Crippen LogP contribution < -0.4 is 20.1 Å². The average molecular weight is 561 g/mol. The molecule has 0 bridgehead atoms. The number of para-hydroxylation sites is 1. The topological polar surface area (TPSA) is 91.8 Å². The highest BCUT2D eigenvalue weighted by molar-refractivity contribution is 14.0. The number of hydrogen-bond donors (Lipinski definition) is 3. The maximum absolute atomic E-state index is 12.8. The molecule has 0 aromatic heterocycles. The molecule has 0 saturated carbocycles. The molecular formula is C22H33IN4O3S. The van der Waals surface area contributed by atoms with Crippen molar-refractivity contribution in [1.82, 2.24) is 15.4 Å². The molecule has 2 aromatic rings. The highest BCUT2D eigenvalue weighted by Gasteiger charge is 2.24. The fourth-order valence-electron chi connectivity index (χ4n) is 2.72. The lowest BCUT2D eigenvalue weighted by Gasteiger charge is -2.21. The summed E-state index contributed by atoms with van der Waals surface area (Å²) in [5, 5.41) is 6.37. The summed E-state index contributed by atoms with van der Waals surface area (Å²) in [4.78, 5) is 4.79. The van der Waals surface area contributed by atoms with Gasteiger partial charge in [0, 0.05) is 12.1 Å². The van der Waals surface area contributed by atoms with Gasteiger partial charge in [0.15, 0.2) is 5.96 Å². The number of nitrogens with zero attached hydrogens (tertiary/aromatic N) is 1. The van der Waals surface area contributed by atoms with Crippen LogP contribution in [0.3, 0.4) is 0 Å². The van der Waals surface area contributed by atoms with Gasteiger partial charge < -0.3 is 15.4 Å². The van der Waals surface area contributed by atoms with Gasteiger partial charge in [0.2, 0.25) is 10.0 Å². The van der Waals surface area contributed by atoms with Gasteiger partial charge in [-0.1, -0.05) is 36.4 Å². The average Bonchev–Trinajstić information content (AvgIpc) is 2.68. The summed E-state index contributed by atoms with van der Waals surface area (Å²) in [5.41, 5.74) is 0.0664. The molecule has 2 aromatic carbocycles. The van der Waals surface area contributed by atoms with E-state index in [1.54, 1.807) is 18.2 Å². The third kappa shape index (κ3) is 9.88. The van der Waals surface area contributed by atoms with Gasteiger partial charge in [0.05, 0.1) is 18.0 Å². The van der Waals surface area contributed by atoms with Gasteiger partial charge in [-0.3, -0.25) is 0 Å². The zero-order chi connectivity index (χ0) is 22.0. The summed E-state index contributed by atoms with van der Waals surface area (Å²) >= 11 is 0. The van der Waals surface area contributed by atoms with E-state index in [2.05, 4.69) is 20.3 Å². The molecule has 0 atom stereocenters. The van der Waals surface area contributed by atoms with Crippen molar-refractivity contribution in [3.8, 4) is 5.75 Å². The maximum Gasteiger partial charge on any atom is 0.241 e. The number of sulfonamides is 1. The molecule has 31 heavy (non-hydrogen) atoms. The van der Waals surface area contributed by atoms with E-state index in [1.807, 2.05) is 64.1 Å². The second-order valence-corrected chi connectivity index (χ2v) is 9.40. The Morgan fingerprint density at radius 1 is 1.00 bits per heavy atom. The molecule has 0 unspecified atom stereocenters. The lowest BCUT2D eigenvalue weighted by molar-refractivity contribution is 0.322. The van der Waals surface area contributed by atoms with Crippen molar-refractivity contribution in [3.63, 3.8) is 0 Å². The zero-order valence-electron chi connectivity index (χ0n) is 18.5. The third-order valence-electron chi connectivity index (χ3n) is 3.86. The van der Waals surface area contributed by atoms with Crippen LogP contribution in [0.15, 0.2) is 64.5 Å². The first-order valence-electron chi connectivity index (χ1n) is 10.0. The van der Waals surface area contributed by atoms with Crippen molar-refractivity contribution in [2.24, 2.45) is 4.99 Å². The SMILES string of the molecule is CCNC(=NCc1ccccc1S(=O)(=O)NC(C)(C)C)NCCOc1ccccc1.I. The van der Waals surface area contributed by atoms with Crippen LogP contribution in [0, 0.1) is 0 Å². The monoisotopic (exact) mass is 560 g/mol. The Morgan fingerprint density at radius 2 is 1.65 bits per heavy atom. The van der Waals surface area contributed by atoms with E-state index in [0.29, 0.717) is 31.2 Å². The van der Waals surface area contributed by atoms with Crippen molar-refractivity contribution in [2.45, 2.75) is 44.7 Å². The molecule has 172 valence electrons. The summed E-state index contributed by atoms with van der Waals surface area (Å²) < 4.78 is 33.9. The summed E-state index contributed by atoms with van der Waals surface area (Å²) in [6.07, 6.45) is 0. The fourth-order valence-corrected chi connectivity index (χ4v) is 4.37. The van der Waals surface area contributed by atoms with Crippen molar-refractivity contribution in [1.29, 1.82) is 0 Å². The van der Waals surface area contributed by atoms with Gasteiger partial charge >= 0.3 is 0 Å². The quantitative estimate of drug-likeness (QED) is 0.189. The molecule has 0 heterocycles. The highest BCUT2D eigenvalue weighted by Crippen LogP contribution is 2.18. The summed E-state index contributed by atoms with van der Waals surface area (Å²) in [6, 6.07) is 16.5. The van der Waals surface area contributed by atoms with Crippen LogP contribution in [0.25, 0.3) is 0 Å². The number of ether oxygens (including phenoxy) is 1. The van der Waals surface area contributed by atoms with Crippen LogP contribution in [0.5, 0.6) is 5.75 Å². The molecule has 9 heteroatoms. The fraction of sp³-hybridized carbons (Fsp3) is 0.409. The molecular weight excluding hydrogens is 527 g/mol. The van der Waals surface area contributed by atoms with Crippen LogP contribution in [0.2, 0.25) is 0 Å². The first kappa shape index (κ1) is 27.2. The van der Waals surface area contributed by atoms with E-state index in [1.165, 1.54) is 0 Å². The molecule has 7 nitrogen and oxygen atoms in total. The third-order valence-corrected chi connectivity index (χ3v) is 5.72. The predicted octanol–water partition coefficient (Wildman–Crippen LogP) is 3.52. The number of aliphatic imine (C=N–C) groups is 1. The van der Waals surface area contributed by atoms with Crippen molar-refractivity contribution in [3.05, 3.63) is 60.2 Å². The van der Waals surface area contributed by atoms with Crippen LogP contribution in [-0.2, 0) is 16.6 Å². The molecule has 0 amide bonds. The zero-order valence-corrected chi connectivity index (χ0v) is 21.7. The van der Waals surface area contributed by atoms with Gasteiger partial charge in [0.25, 0.3) is 0 Å². The van der Waals surface area contributed by atoms with Gasteiger partial charge in [-0.15, -0.1) is 24.0 Å². The Bertz CT molecular complexity index is 929. The Hall–Kier alpha value is -1.85. The minimum absolute atomic E-state index is 0. The second kappa shape index (κ2) is 12.9. The lowest BCUT2D eigenvalue weighted by atomic mass is 10.1. The van der Waals surface area contributed by atoms with Crippen LogP contribution in [0.4, 0.5) is 0 Å². The van der Waals surface area contributed by atoms with E-state index in [9.17, 15) is 8.42 Å². The smallest absolute Gasteiger partial charge is 0.241 e. The molecule has 0 spiro atoms. The number of guanidine groups is 1. The number of hydrogen-bond acceptors (Lipinski definition) is 4. The van der Waals surface area contributed by atoms with E-state index >= 15 is 0 Å². The van der Waals surface area contributed by atoms with E-state index in [4.69, 9.17) is 4.74 Å². The molecule has 0 aliphatic carbocycles. The van der Waals surface area contributed by atoms with Crippen molar-refractivity contribution < 1.29 is 13.2 Å². The van der Waals surface area contributed by atoms with Crippen LogP contribution in [0.1, 0.15) is 33.3 Å². The number of halogens is 1. The summed E-state index contributed by atoms with van der Waals surface area (Å²) in [6.45, 7) is 9.39. The minimum atomic E-state index is -3.64. The molecule has 0 saturated heterocycles. The van der Waals surface area contributed by atoms with Crippen molar-refractivity contribution in [2.75, 3.05) is 19.7 Å². The normalized spacial score (nSPS) is 12.1. The second-order valence-electron chi connectivity index (χ2n) is 7.75. The first-order valence-corrected chi connectivity index (χ1v) is 11.5. The molecule has 2 rings (SSSR count). The largest absolute Gasteiger partial charge is 0.492 e. The molecule has 0 fully saturated rings. The predicted molar refractivity (Wildman–Crippen MR) is 137 cm³/mol. The maximum atomic E-state index is 12.8.